The zero-order chi connectivity index (χ0) is 26.4. The highest BCUT2D eigenvalue weighted by molar-refractivity contribution is 9.10. The van der Waals surface area contributed by atoms with Gasteiger partial charge in [0.2, 0.25) is 6.79 Å². The number of benzene rings is 2. The van der Waals surface area contributed by atoms with Crippen LogP contribution < -0.4 is 19.5 Å². The summed E-state index contributed by atoms with van der Waals surface area (Å²) >= 11 is 4.59. The molecule has 0 saturated carbocycles. The second-order valence-corrected chi connectivity index (χ2v) is 9.91. The predicted octanol–water partition coefficient (Wildman–Crippen LogP) is 4.88. The average Bonchev–Trinajstić information content (AvgIpc) is 3.46. The van der Waals surface area contributed by atoms with Crippen LogP contribution in [0, 0.1) is 6.92 Å². The maximum Gasteiger partial charge on any atom is 0.344 e. The third kappa shape index (κ3) is 6.80. The Morgan fingerprint density at radius 2 is 1.78 bits per heavy atom. The van der Waals surface area contributed by atoms with Crippen molar-refractivity contribution < 1.29 is 38.1 Å². The van der Waals surface area contributed by atoms with E-state index in [0.717, 1.165) is 14.9 Å². The summed E-state index contributed by atoms with van der Waals surface area (Å²) < 4.78 is 27.3. The Labute approximate surface area is 225 Å². The average molecular weight is 590 g/mol. The van der Waals surface area contributed by atoms with Gasteiger partial charge < -0.3 is 29.0 Å². The van der Waals surface area contributed by atoms with E-state index in [1.165, 1.54) is 11.3 Å². The van der Waals surface area contributed by atoms with Gasteiger partial charge in [0.15, 0.2) is 24.7 Å². The molecule has 0 aliphatic carbocycles. The Balaban J connectivity index is 1.40. The minimum absolute atomic E-state index is 0.181. The topological polar surface area (TPSA) is 109 Å². The highest BCUT2D eigenvalue weighted by atomic mass is 79.9. The maximum atomic E-state index is 12.7. The van der Waals surface area contributed by atoms with E-state index >= 15 is 0 Å². The summed E-state index contributed by atoms with van der Waals surface area (Å²) in [5.41, 5.74) is 1.94. The molecule has 2 aromatic carbocycles. The summed E-state index contributed by atoms with van der Waals surface area (Å²) in [6.07, 6.45) is 0.512. The largest absolute Gasteiger partial charge is 0.482 e. The lowest BCUT2D eigenvalue weighted by molar-refractivity contribution is -0.149. The van der Waals surface area contributed by atoms with Gasteiger partial charge in [0.05, 0.1) is 12.2 Å². The number of nitrogens with one attached hydrogen (secondary N) is 1. The van der Waals surface area contributed by atoms with Crippen LogP contribution in [-0.4, -0.2) is 44.5 Å². The number of esters is 2. The van der Waals surface area contributed by atoms with Crippen molar-refractivity contribution in [3.8, 4) is 17.2 Å². The van der Waals surface area contributed by atoms with Gasteiger partial charge in [-0.1, -0.05) is 22.0 Å². The van der Waals surface area contributed by atoms with E-state index in [1.807, 2.05) is 18.2 Å². The van der Waals surface area contributed by atoms with Gasteiger partial charge >= 0.3 is 11.9 Å². The normalized spacial score (nSPS) is 11.6. The van der Waals surface area contributed by atoms with Crippen LogP contribution in [0.4, 0.5) is 5.00 Å². The summed E-state index contributed by atoms with van der Waals surface area (Å²) in [6.45, 7) is 3.01. The lowest BCUT2D eigenvalue weighted by Gasteiger charge is -2.09. The SMILES string of the molecule is CCOC(=O)c1c(NC(=O)COC(=O)COc2ccc(Br)cc2)sc(Cc2ccc3c(c2)OCO3)c1C. The number of anilines is 1. The van der Waals surface area contributed by atoms with E-state index < -0.39 is 24.5 Å². The van der Waals surface area contributed by atoms with E-state index in [0.29, 0.717) is 34.2 Å². The van der Waals surface area contributed by atoms with Gasteiger partial charge in [0.1, 0.15) is 10.8 Å². The zero-order valence-electron chi connectivity index (χ0n) is 20.1. The van der Waals surface area contributed by atoms with Crippen molar-refractivity contribution >= 4 is 50.1 Å². The van der Waals surface area contributed by atoms with Crippen molar-refractivity contribution in [2.24, 2.45) is 0 Å². The molecule has 0 fully saturated rings. The van der Waals surface area contributed by atoms with E-state index in [4.69, 9.17) is 23.7 Å². The van der Waals surface area contributed by atoms with Gasteiger partial charge in [0.25, 0.3) is 5.91 Å². The lowest BCUT2D eigenvalue weighted by Crippen LogP contribution is -2.24. The monoisotopic (exact) mass is 589 g/mol. The Morgan fingerprint density at radius 3 is 2.54 bits per heavy atom. The third-order valence-corrected chi connectivity index (χ3v) is 7.05. The van der Waals surface area contributed by atoms with E-state index in [2.05, 4.69) is 21.2 Å². The number of rotatable bonds is 10. The molecule has 0 atom stereocenters. The number of carbonyl (C=O) groups is 3. The summed E-state index contributed by atoms with van der Waals surface area (Å²) in [7, 11) is 0. The van der Waals surface area contributed by atoms with Crippen LogP contribution in [0.15, 0.2) is 46.9 Å². The van der Waals surface area contributed by atoms with Gasteiger partial charge in [-0.25, -0.2) is 9.59 Å². The fraction of sp³-hybridized carbons (Fsp3) is 0.269. The number of hydrogen-bond acceptors (Lipinski definition) is 9. The van der Waals surface area contributed by atoms with Gasteiger partial charge in [-0.05, 0) is 61.4 Å². The van der Waals surface area contributed by atoms with Crippen molar-refractivity contribution in [3.63, 3.8) is 0 Å². The number of halogens is 1. The molecule has 0 spiro atoms. The molecule has 0 radical (unpaired) electrons. The Kier molecular flexibility index (Phi) is 8.67. The van der Waals surface area contributed by atoms with Crippen molar-refractivity contribution in [2.75, 3.05) is 31.9 Å². The fourth-order valence-electron chi connectivity index (χ4n) is 3.53. The molecular formula is C26H24BrNO8S. The number of thiophene rings is 1. The van der Waals surface area contributed by atoms with Gasteiger partial charge in [-0.2, -0.15) is 0 Å². The van der Waals surface area contributed by atoms with E-state index in [9.17, 15) is 14.4 Å². The maximum absolute atomic E-state index is 12.7. The van der Waals surface area contributed by atoms with Crippen LogP contribution in [0.3, 0.4) is 0 Å². The van der Waals surface area contributed by atoms with Crippen LogP contribution in [0.1, 0.15) is 33.3 Å². The molecule has 3 aromatic rings. The van der Waals surface area contributed by atoms with Crippen LogP contribution in [0.2, 0.25) is 0 Å². The first-order valence-corrected chi connectivity index (χ1v) is 13.0. The molecule has 4 rings (SSSR count). The molecule has 0 bridgehead atoms. The summed E-state index contributed by atoms with van der Waals surface area (Å²) in [5, 5.41) is 3.02. The highest BCUT2D eigenvalue weighted by Gasteiger charge is 2.24. The van der Waals surface area contributed by atoms with E-state index in [1.54, 1.807) is 38.1 Å². The molecule has 1 aromatic heterocycles. The van der Waals surface area contributed by atoms with Gasteiger partial charge in [0, 0.05) is 15.8 Å². The molecule has 1 aliphatic heterocycles. The zero-order valence-corrected chi connectivity index (χ0v) is 22.5. The fourth-order valence-corrected chi connectivity index (χ4v) is 5.03. The Morgan fingerprint density at radius 1 is 1.03 bits per heavy atom. The number of ether oxygens (including phenoxy) is 5. The van der Waals surface area contributed by atoms with Crippen molar-refractivity contribution in [2.45, 2.75) is 20.3 Å². The number of hydrogen-bond donors (Lipinski definition) is 1. The molecule has 0 unspecified atom stereocenters. The summed E-state index contributed by atoms with van der Waals surface area (Å²) in [5.74, 6) is 0.0180. The molecule has 1 amide bonds. The van der Waals surface area contributed by atoms with Crippen LogP contribution in [0.5, 0.6) is 17.2 Å². The molecule has 1 aliphatic rings. The van der Waals surface area contributed by atoms with Crippen molar-refractivity contribution in [1.82, 2.24) is 0 Å². The second kappa shape index (κ2) is 12.1. The minimum atomic E-state index is -0.699. The first kappa shape index (κ1) is 26.5. The lowest BCUT2D eigenvalue weighted by atomic mass is 10.1. The van der Waals surface area contributed by atoms with Crippen LogP contribution >= 0.6 is 27.3 Å². The Hall–Kier alpha value is -3.57. The molecule has 37 heavy (non-hydrogen) atoms. The molecule has 0 saturated heterocycles. The van der Waals surface area contributed by atoms with Crippen LogP contribution in [-0.2, 0) is 25.5 Å². The predicted molar refractivity (Wildman–Crippen MR) is 140 cm³/mol. The second-order valence-electron chi connectivity index (χ2n) is 7.89. The Bertz CT molecular complexity index is 1300. The van der Waals surface area contributed by atoms with E-state index in [-0.39, 0.29) is 25.6 Å². The van der Waals surface area contributed by atoms with Gasteiger partial charge in [-0.3, -0.25) is 4.79 Å². The highest BCUT2D eigenvalue weighted by Crippen LogP contribution is 2.37. The van der Waals surface area contributed by atoms with Gasteiger partial charge in [-0.15, -0.1) is 11.3 Å². The summed E-state index contributed by atoms with van der Waals surface area (Å²) in [6, 6.07) is 12.6. The number of fused-ring (bicyclic) bond motifs is 1. The standard InChI is InChI=1S/C26H24BrNO8S/c1-3-32-26(31)24-15(2)21(11-16-4-9-19-20(10-16)36-14-35-19)37-25(24)28-22(29)12-34-23(30)13-33-18-7-5-17(27)6-8-18/h4-10H,3,11-14H2,1-2H3,(H,28,29). The molecule has 1 N–H and O–H groups in total. The minimum Gasteiger partial charge on any atom is -0.482 e. The molecular weight excluding hydrogens is 566 g/mol. The third-order valence-electron chi connectivity index (χ3n) is 5.31. The summed E-state index contributed by atoms with van der Waals surface area (Å²) in [4.78, 5) is 38.1. The number of amides is 1. The first-order valence-electron chi connectivity index (χ1n) is 11.4. The smallest absolute Gasteiger partial charge is 0.344 e. The first-order chi connectivity index (χ1) is 17.8. The molecule has 11 heteroatoms. The molecule has 9 nitrogen and oxygen atoms in total. The quantitative estimate of drug-likeness (QED) is 0.333. The van der Waals surface area contributed by atoms with Crippen molar-refractivity contribution in [1.29, 1.82) is 0 Å². The van der Waals surface area contributed by atoms with Crippen molar-refractivity contribution in [3.05, 3.63) is 68.5 Å². The molecule has 2 heterocycles. The van der Waals surface area contributed by atoms with Crippen LogP contribution in [0.25, 0.3) is 0 Å². The molecule has 194 valence electrons. The number of carbonyl (C=O) groups excluding carboxylic acids is 3.